The number of hydrogen-bond acceptors (Lipinski definition) is 1. The third-order valence-electron chi connectivity index (χ3n) is 0. The molecule has 0 radical (unpaired) electrons. The van der Waals surface area contributed by atoms with Gasteiger partial charge in [-0.1, -0.05) is 0 Å². The van der Waals surface area contributed by atoms with Gasteiger partial charge in [0.15, 0.2) is 0 Å². The minimum atomic E-state index is 0. The average molecular weight is 333 g/mol. The van der Waals surface area contributed by atoms with Crippen LogP contribution < -0.4 is 37.2 Å². The van der Waals surface area contributed by atoms with Crippen molar-refractivity contribution in [2.24, 2.45) is 0 Å². The van der Waals surface area contributed by atoms with E-state index in [2.05, 4.69) is 0 Å². The van der Waals surface area contributed by atoms with Gasteiger partial charge in [0.1, 0.15) is 6.79 Å². The van der Waals surface area contributed by atoms with Crippen molar-refractivity contribution < 1.29 is 64.4 Å². The average Bonchev–Trinajstić information content (AvgIpc) is 1.00. The van der Waals surface area contributed by atoms with Gasteiger partial charge >= 0.3 is 22.4 Å². The van der Waals surface area contributed by atoms with Gasteiger partial charge in [-0.2, -0.15) is 0 Å². The van der Waals surface area contributed by atoms with E-state index in [-0.39, 0.29) is 59.6 Å². The van der Waals surface area contributed by atoms with E-state index >= 15 is 0 Å². The minimum absolute atomic E-state index is 0. The summed E-state index contributed by atoms with van der Waals surface area (Å²) in [5, 5.41) is 0. The number of carbonyl (C=O) groups is 1. The standard InChI is InChI=1S/CH2O.Au.3ClH/c1-2;;;;/h1H2;;3*1H/q;+3;;;/p-3. The first-order chi connectivity index (χ1) is 1.00. The number of hydrogen-bond donors (Lipinski definition) is 0. The van der Waals surface area contributed by atoms with Crippen molar-refractivity contribution in [1.82, 2.24) is 0 Å². The van der Waals surface area contributed by atoms with E-state index in [4.69, 9.17) is 4.79 Å². The maximum absolute atomic E-state index is 8.00. The quantitative estimate of drug-likeness (QED) is 0.403. The molecule has 0 N–H and O–H groups in total. The molecule has 44 valence electrons. The molecule has 0 saturated heterocycles. The van der Waals surface area contributed by atoms with Crippen molar-refractivity contribution in [3.63, 3.8) is 0 Å². The van der Waals surface area contributed by atoms with Crippen LogP contribution >= 0.6 is 0 Å². The molecule has 0 bridgehead atoms. The topological polar surface area (TPSA) is 17.1 Å². The zero-order valence-corrected chi connectivity index (χ0v) is 6.99. The molecular weight excluding hydrogens is 331 g/mol. The summed E-state index contributed by atoms with van der Waals surface area (Å²) in [6.45, 7) is 2.00. The Morgan fingerprint density at radius 3 is 0.833 bits per heavy atom. The van der Waals surface area contributed by atoms with E-state index in [0.29, 0.717) is 0 Å². The second-order valence-electron chi connectivity index (χ2n) is 0. The summed E-state index contributed by atoms with van der Waals surface area (Å²) >= 11 is 0. The summed E-state index contributed by atoms with van der Waals surface area (Å²) in [7, 11) is 0. The number of rotatable bonds is 0. The van der Waals surface area contributed by atoms with Crippen LogP contribution in [0.2, 0.25) is 0 Å². The van der Waals surface area contributed by atoms with Crippen molar-refractivity contribution >= 4 is 6.79 Å². The number of carbonyl (C=O) groups excluding carboxylic acids is 1. The largest absolute Gasteiger partial charge is 3.00 e. The van der Waals surface area contributed by atoms with Gasteiger partial charge in [0.05, 0.1) is 0 Å². The molecule has 0 fully saturated rings. The Labute approximate surface area is 71.0 Å². The monoisotopic (exact) mass is 332 g/mol. The normalized spacial score (nSPS) is 0.667. The van der Waals surface area contributed by atoms with Crippen LogP contribution in [0.15, 0.2) is 0 Å². The van der Waals surface area contributed by atoms with E-state index in [1.807, 2.05) is 6.79 Å². The molecule has 0 saturated carbocycles. The third kappa shape index (κ3) is 59.0. The zero-order chi connectivity index (χ0) is 2.00. The molecule has 0 spiro atoms. The second-order valence-corrected chi connectivity index (χ2v) is 0. The molecule has 6 heavy (non-hydrogen) atoms. The molecule has 1 nitrogen and oxygen atoms in total. The molecule has 0 aromatic carbocycles. The molecule has 0 aromatic heterocycles. The molecule has 0 heterocycles. The summed E-state index contributed by atoms with van der Waals surface area (Å²) in [6.07, 6.45) is 0. The molecule has 0 unspecified atom stereocenters. The van der Waals surface area contributed by atoms with Gasteiger partial charge in [-0.25, -0.2) is 0 Å². The first-order valence-electron chi connectivity index (χ1n) is 0.289. The molecule has 0 aliphatic carbocycles. The molecular formula is CH2AuCl3O. The SMILES string of the molecule is C=O.[Au+3].[Cl-].[Cl-].[Cl-]. The predicted molar refractivity (Wildman–Crippen MR) is 7.12 cm³/mol. The van der Waals surface area contributed by atoms with Crippen LogP contribution in [0.1, 0.15) is 0 Å². The van der Waals surface area contributed by atoms with Gasteiger partial charge in [0.2, 0.25) is 0 Å². The molecule has 0 rings (SSSR count). The van der Waals surface area contributed by atoms with E-state index in [0.717, 1.165) is 0 Å². The van der Waals surface area contributed by atoms with Crippen molar-refractivity contribution in [2.45, 2.75) is 0 Å². The minimum Gasteiger partial charge on any atom is -1.00 e. The Balaban J connectivity index is -0.000000000833. The molecule has 0 aromatic rings. The Morgan fingerprint density at radius 2 is 0.833 bits per heavy atom. The van der Waals surface area contributed by atoms with Crippen LogP contribution in [0.5, 0.6) is 0 Å². The van der Waals surface area contributed by atoms with Gasteiger partial charge in [0, 0.05) is 0 Å². The molecule has 0 amide bonds. The van der Waals surface area contributed by atoms with E-state index < -0.39 is 0 Å². The predicted octanol–water partition coefficient (Wildman–Crippen LogP) is -9.18. The smallest absolute Gasteiger partial charge is 1.00 e. The Hall–Kier alpha value is 1.28. The van der Waals surface area contributed by atoms with Crippen LogP contribution in [0.4, 0.5) is 0 Å². The zero-order valence-electron chi connectivity index (χ0n) is 2.55. The summed E-state index contributed by atoms with van der Waals surface area (Å²) in [5.41, 5.74) is 0. The fourth-order valence-corrected chi connectivity index (χ4v) is 0. The van der Waals surface area contributed by atoms with Crippen LogP contribution in [-0.4, -0.2) is 6.79 Å². The van der Waals surface area contributed by atoms with Gasteiger partial charge in [-0.15, -0.1) is 0 Å². The molecule has 5 heteroatoms. The Morgan fingerprint density at radius 1 is 0.833 bits per heavy atom. The maximum atomic E-state index is 8.00. The van der Waals surface area contributed by atoms with E-state index in [1.165, 1.54) is 0 Å². The van der Waals surface area contributed by atoms with Gasteiger partial charge in [-0.3, -0.25) is 0 Å². The first kappa shape index (κ1) is 55.2. The van der Waals surface area contributed by atoms with Crippen molar-refractivity contribution in [3.05, 3.63) is 0 Å². The van der Waals surface area contributed by atoms with Gasteiger partial charge in [0.25, 0.3) is 0 Å². The van der Waals surface area contributed by atoms with Crippen LogP contribution in [-0.2, 0) is 27.2 Å². The Bertz CT molecular complexity index is 10.8. The second kappa shape index (κ2) is 107. The summed E-state index contributed by atoms with van der Waals surface area (Å²) in [5.74, 6) is 0. The van der Waals surface area contributed by atoms with Crippen LogP contribution in [0, 0.1) is 0 Å². The third-order valence-corrected chi connectivity index (χ3v) is 0. The fraction of sp³-hybridized carbons (Fsp3) is 0. The first-order valence-corrected chi connectivity index (χ1v) is 0.289. The van der Waals surface area contributed by atoms with Crippen molar-refractivity contribution in [1.29, 1.82) is 0 Å². The number of halogens is 3. The van der Waals surface area contributed by atoms with Crippen LogP contribution in [0.25, 0.3) is 0 Å². The molecule has 0 aliphatic heterocycles. The van der Waals surface area contributed by atoms with Gasteiger partial charge < -0.3 is 42.0 Å². The summed E-state index contributed by atoms with van der Waals surface area (Å²) in [4.78, 5) is 8.00. The van der Waals surface area contributed by atoms with Crippen molar-refractivity contribution in [3.8, 4) is 0 Å². The van der Waals surface area contributed by atoms with E-state index in [1.54, 1.807) is 0 Å². The summed E-state index contributed by atoms with van der Waals surface area (Å²) in [6, 6.07) is 0. The molecule has 0 atom stereocenters. The fourth-order valence-electron chi connectivity index (χ4n) is 0. The van der Waals surface area contributed by atoms with Crippen molar-refractivity contribution in [2.75, 3.05) is 0 Å². The van der Waals surface area contributed by atoms with Crippen LogP contribution in [0.3, 0.4) is 0 Å². The van der Waals surface area contributed by atoms with E-state index in [9.17, 15) is 0 Å². The Kier molecular flexibility index (Phi) is 983. The maximum Gasteiger partial charge on any atom is 3.00 e. The summed E-state index contributed by atoms with van der Waals surface area (Å²) < 4.78 is 0. The molecule has 0 aliphatic rings. The van der Waals surface area contributed by atoms with Gasteiger partial charge in [-0.05, 0) is 0 Å².